The lowest BCUT2D eigenvalue weighted by Gasteiger charge is -2.32. The smallest absolute Gasteiger partial charge is 0.454 e. The summed E-state index contributed by atoms with van der Waals surface area (Å²) in [5.74, 6) is 0. The first-order chi connectivity index (χ1) is 12.4. The molecule has 0 bridgehead atoms. The predicted molar refractivity (Wildman–Crippen MR) is 105 cm³/mol. The molecule has 0 spiro atoms. The fraction of sp³-hybridized carbons (Fsp3) is 0.286. The molecule has 0 aliphatic carbocycles. The molecule has 1 aliphatic heterocycles. The van der Waals surface area contributed by atoms with Crippen molar-refractivity contribution in [3.63, 3.8) is 0 Å². The van der Waals surface area contributed by atoms with Crippen molar-refractivity contribution in [2.24, 2.45) is 0 Å². The van der Waals surface area contributed by atoms with Gasteiger partial charge in [0, 0.05) is 22.4 Å². The Morgan fingerprint density at radius 3 is 2.19 bits per heavy atom. The highest BCUT2D eigenvalue weighted by Gasteiger charge is 2.52. The van der Waals surface area contributed by atoms with Crippen molar-refractivity contribution < 1.29 is 13.7 Å². The number of nitrogens with zero attached hydrogens (tertiary/aromatic N) is 1. The van der Waals surface area contributed by atoms with E-state index in [1.807, 2.05) is 18.3 Å². The molecule has 0 amide bonds. The van der Waals surface area contributed by atoms with Crippen molar-refractivity contribution in [2.45, 2.75) is 38.9 Å². The lowest BCUT2D eigenvalue weighted by atomic mass is 9.77. The molecule has 0 saturated carbocycles. The van der Waals surface area contributed by atoms with Gasteiger partial charge < -0.3 is 13.7 Å². The number of hydrogen-bond acceptors (Lipinski definition) is 4. The maximum absolute atomic E-state index is 6.26. The van der Waals surface area contributed by atoms with Gasteiger partial charge in [0.15, 0.2) is 5.58 Å². The van der Waals surface area contributed by atoms with Crippen LogP contribution in [0.4, 0.5) is 0 Å². The molecule has 3 heterocycles. The van der Waals surface area contributed by atoms with Gasteiger partial charge in [-0.05, 0) is 50.6 Å². The Morgan fingerprint density at radius 1 is 0.846 bits per heavy atom. The number of rotatable bonds is 1. The van der Waals surface area contributed by atoms with Gasteiger partial charge in [0.25, 0.3) is 0 Å². The molecule has 0 atom stereocenters. The third-order valence-electron chi connectivity index (χ3n) is 5.78. The molecule has 2 aromatic carbocycles. The van der Waals surface area contributed by atoms with Gasteiger partial charge in [0.05, 0.1) is 17.4 Å². The molecule has 1 fully saturated rings. The molecule has 0 N–H and O–H groups in total. The van der Waals surface area contributed by atoms with Gasteiger partial charge in [-0.2, -0.15) is 0 Å². The number of pyridine rings is 1. The second-order valence-electron chi connectivity index (χ2n) is 7.99. The monoisotopic (exact) mass is 345 g/mol. The van der Waals surface area contributed by atoms with Gasteiger partial charge in [-0.25, -0.2) is 0 Å². The van der Waals surface area contributed by atoms with Crippen molar-refractivity contribution in [3.05, 3.63) is 48.8 Å². The summed E-state index contributed by atoms with van der Waals surface area (Å²) in [5.41, 5.74) is 1.72. The maximum atomic E-state index is 6.26. The van der Waals surface area contributed by atoms with E-state index in [0.717, 1.165) is 32.8 Å². The lowest BCUT2D eigenvalue weighted by Crippen LogP contribution is -2.41. The third-order valence-corrected chi connectivity index (χ3v) is 5.78. The summed E-state index contributed by atoms with van der Waals surface area (Å²) in [6, 6.07) is 12.5. The van der Waals surface area contributed by atoms with Gasteiger partial charge in [0.2, 0.25) is 0 Å². The van der Waals surface area contributed by atoms with E-state index in [2.05, 4.69) is 56.9 Å². The Kier molecular flexibility index (Phi) is 3.10. The van der Waals surface area contributed by atoms with Crippen molar-refractivity contribution in [1.29, 1.82) is 0 Å². The summed E-state index contributed by atoms with van der Waals surface area (Å²) < 4.78 is 18.6. The zero-order valence-corrected chi connectivity index (χ0v) is 15.4. The number of benzene rings is 2. The van der Waals surface area contributed by atoms with E-state index in [1.54, 1.807) is 6.20 Å². The highest BCUT2D eigenvalue weighted by atomic mass is 16.7. The molecule has 1 saturated heterocycles. The number of aromatic nitrogens is 1. The van der Waals surface area contributed by atoms with Crippen LogP contribution < -0.4 is 5.46 Å². The molecule has 130 valence electrons. The molecule has 0 radical (unpaired) electrons. The first-order valence-corrected chi connectivity index (χ1v) is 8.90. The zero-order valence-electron chi connectivity index (χ0n) is 15.4. The van der Waals surface area contributed by atoms with Crippen LogP contribution in [0.3, 0.4) is 0 Å². The lowest BCUT2D eigenvalue weighted by molar-refractivity contribution is 0.00578. The summed E-state index contributed by atoms with van der Waals surface area (Å²) in [5, 5.41) is 4.41. The minimum absolute atomic E-state index is 0.397. The molecular weight excluding hydrogens is 325 g/mol. The van der Waals surface area contributed by atoms with Crippen molar-refractivity contribution in [1.82, 2.24) is 4.98 Å². The molecule has 5 heteroatoms. The molecule has 0 unspecified atom stereocenters. The van der Waals surface area contributed by atoms with E-state index in [9.17, 15) is 0 Å². The Morgan fingerprint density at radius 2 is 1.50 bits per heavy atom. The molecule has 26 heavy (non-hydrogen) atoms. The second kappa shape index (κ2) is 5.09. The van der Waals surface area contributed by atoms with Crippen LogP contribution in [0.2, 0.25) is 0 Å². The van der Waals surface area contributed by atoms with Crippen LogP contribution in [0.25, 0.3) is 32.7 Å². The number of hydrogen-bond donors (Lipinski definition) is 0. The van der Waals surface area contributed by atoms with Crippen LogP contribution in [0.1, 0.15) is 27.7 Å². The summed E-state index contributed by atoms with van der Waals surface area (Å²) in [6.45, 7) is 8.23. The van der Waals surface area contributed by atoms with E-state index in [4.69, 9.17) is 13.7 Å². The van der Waals surface area contributed by atoms with Gasteiger partial charge in [-0.1, -0.05) is 24.3 Å². The highest BCUT2D eigenvalue weighted by molar-refractivity contribution is 6.65. The Hall–Kier alpha value is -2.37. The summed E-state index contributed by atoms with van der Waals surface area (Å²) in [6.07, 6.45) is 3.59. The molecule has 1 aliphatic rings. The zero-order chi connectivity index (χ0) is 18.1. The maximum Gasteiger partial charge on any atom is 0.497 e. The van der Waals surface area contributed by atoms with Gasteiger partial charge >= 0.3 is 7.12 Å². The van der Waals surface area contributed by atoms with Gasteiger partial charge in [-0.3, -0.25) is 4.98 Å². The standard InChI is InChI=1S/C21H20BNO3/c1-20(2)21(3,4)26-22(25-20)16-11-23-12-18-19(16)15-9-13-7-5-6-8-14(13)10-17(15)24-18/h5-12H,1-4H3. The molecule has 5 rings (SSSR count). The third kappa shape index (κ3) is 2.14. The van der Waals surface area contributed by atoms with E-state index in [1.165, 1.54) is 5.39 Å². The van der Waals surface area contributed by atoms with Crippen molar-refractivity contribution in [2.75, 3.05) is 0 Å². The minimum atomic E-state index is -0.469. The van der Waals surface area contributed by atoms with Crippen LogP contribution >= 0.6 is 0 Å². The summed E-state index contributed by atoms with van der Waals surface area (Å²) >= 11 is 0. The highest BCUT2D eigenvalue weighted by Crippen LogP contribution is 2.38. The SMILES string of the molecule is CC1(C)OB(c2cncc3oc4cc5ccccc5cc4c23)OC1(C)C. The van der Waals surface area contributed by atoms with E-state index >= 15 is 0 Å². The molecular formula is C21H20BNO3. The molecule has 4 aromatic rings. The number of fused-ring (bicyclic) bond motifs is 4. The van der Waals surface area contributed by atoms with E-state index < -0.39 is 18.3 Å². The summed E-state index contributed by atoms with van der Waals surface area (Å²) in [4.78, 5) is 4.36. The normalized spacial score (nSPS) is 19.0. The van der Waals surface area contributed by atoms with E-state index in [-0.39, 0.29) is 0 Å². The topological polar surface area (TPSA) is 44.5 Å². The van der Waals surface area contributed by atoms with Crippen LogP contribution in [0, 0.1) is 0 Å². The minimum Gasteiger partial charge on any atom is -0.454 e. The largest absolute Gasteiger partial charge is 0.497 e. The molecule has 2 aromatic heterocycles. The van der Waals surface area contributed by atoms with Gasteiger partial charge in [0.1, 0.15) is 5.58 Å². The average Bonchev–Trinajstić information content (AvgIpc) is 3.06. The van der Waals surface area contributed by atoms with Crippen LogP contribution in [0.5, 0.6) is 0 Å². The Bertz CT molecular complexity index is 1150. The van der Waals surface area contributed by atoms with Crippen LogP contribution in [-0.2, 0) is 9.31 Å². The Labute approximate surface area is 152 Å². The average molecular weight is 345 g/mol. The first-order valence-electron chi connectivity index (χ1n) is 8.90. The van der Waals surface area contributed by atoms with Gasteiger partial charge in [-0.15, -0.1) is 0 Å². The van der Waals surface area contributed by atoms with Crippen LogP contribution in [-0.4, -0.2) is 23.3 Å². The number of furan rings is 1. The second-order valence-corrected chi connectivity index (χ2v) is 7.99. The van der Waals surface area contributed by atoms with Crippen molar-refractivity contribution in [3.8, 4) is 0 Å². The summed E-state index contributed by atoms with van der Waals surface area (Å²) in [7, 11) is -0.469. The van der Waals surface area contributed by atoms with E-state index in [0.29, 0.717) is 0 Å². The van der Waals surface area contributed by atoms with Crippen molar-refractivity contribution >= 4 is 45.3 Å². The fourth-order valence-corrected chi connectivity index (χ4v) is 3.59. The molecule has 4 nitrogen and oxygen atoms in total. The predicted octanol–water partition coefficient (Wildman–Crippen LogP) is 4.43. The Balaban J connectivity index is 1.77. The quantitative estimate of drug-likeness (QED) is 0.479. The first kappa shape index (κ1) is 15.9. The van der Waals surface area contributed by atoms with Crippen LogP contribution in [0.15, 0.2) is 53.2 Å². The fourth-order valence-electron chi connectivity index (χ4n) is 3.59.